The lowest BCUT2D eigenvalue weighted by atomic mass is 9.96. The number of rotatable bonds is 6. The van der Waals surface area contributed by atoms with E-state index in [1.807, 2.05) is 36.4 Å². The molecular formula is C20H21N3O4. The Kier molecular flexibility index (Phi) is 4.58. The van der Waals surface area contributed by atoms with E-state index in [4.69, 9.17) is 14.2 Å². The van der Waals surface area contributed by atoms with Crippen LogP contribution >= 0.6 is 0 Å². The maximum absolute atomic E-state index is 12.1. The van der Waals surface area contributed by atoms with Crippen molar-refractivity contribution in [3.63, 3.8) is 0 Å². The molecule has 2 heterocycles. The summed E-state index contributed by atoms with van der Waals surface area (Å²) < 4.78 is 16.6. The van der Waals surface area contributed by atoms with Crippen LogP contribution in [0.1, 0.15) is 23.7 Å². The van der Waals surface area contributed by atoms with Gasteiger partial charge in [-0.25, -0.2) is 4.98 Å². The molecule has 0 saturated carbocycles. The molecule has 0 bridgehead atoms. The van der Waals surface area contributed by atoms with Crippen molar-refractivity contribution in [2.45, 2.75) is 18.9 Å². The largest absolute Gasteiger partial charge is 0.494 e. The second kappa shape index (κ2) is 7.19. The third-order valence-electron chi connectivity index (χ3n) is 4.76. The number of hydrogen-bond donors (Lipinski definition) is 2. The molecule has 3 aromatic rings. The number of aromatic nitrogens is 2. The summed E-state index contributed by atoms with van der Waals surface area (Å²) in [7, 11) is 3.22. The average molecular weight is 367 g/mol. The molecule has 7 heteroatoms. The van der Waals surface area contributed by atoms with Gasteiger partial charge >= 0.3 is 0 Å². The highest BCUT2D eigenvalue weighted by Crippen LogP contribution is 2.34. The maximum Gasteiger partial charge on any atom is 0.227 e. The van der Waals surface area contributed by atoms with Gasteiger partial charge in [0.25, 0.3) is 0 Å². The summed E-state index contributed by atoms with van der Waals surface area (Å²) in [6.07, 6.45) is 0.764. The van der Waals surface area contributed by atoms with E-state index in [2.05, 4.69) is 15.3 Å². The molecule has 1 aromatic heterocycles. The van der Waals surface area contributed by atoms with E-state index in [0.29, 0.717) is 29.6 Å². The van der Waals surface area contributed by atoms with Gasteiger partial charge in [0.15, 0.2) is 11.5 Å². The predicted octanol–water partition coefficient (Wildman–Crippen LogP) is 2.76. The number of ether oxygens (including phenoxy) is 3. The standard InChI is InChI=1S/C20H21N3O4/c1-25-14-5-3-4-6-15(14)27-11-17-22-18-12(13-9-10-21-20(13)24)7-8-16(26-2)19(18)23-17/h3-8,13H,9-11H2,1-2H3,(H,21,24)(H,22,23). The smallest absolute Gasteiger partial charge is 0.227 e. The highest BCUT2D eigenvalue weighted by molar-refractivity contribution is 5.93. The highest BCUT2D eigenvalue weighted by atomic mass is 16.5. The van der Waals surface area contributed by atoms with Crippen LogP contribution in [0.15, 0.2) is 36.4 Å². The zero-order valence-electron chi connectivity index (χ0n) is 15.2. The minimum absolute atomic E-state index is 0.0382. The molecule has 1 unspecified atom stereocenters. The Bertz CT molecular complexity index is 983. The minimum Gasteiger partial charge on any atom is -0.494 e. The quantitative estimate of drug-likeness (QED) is 0.700. The molecule has 0 radical (unpaired) electrons. The van der Waals surface area contributed by atoms with Crippen molar-refractivity contribution in [1.82, 2.24) is 15.3 Å². The number of carbonyl (C=O) groups excluding carboxylic acids is 1. The molecule has 1 aliphatic heterocycles. The first-order chi connectivity index (χ1) is 13.2. The lowest BCUT2D eigenvalue weighted by Gasteiger charge is -2.09. The summed E-state index contributed by atoms with van der Waals surface area (Å²) in [6.45, 7) is 0.930. The predicted molar refractivity (Wildman–Crippen MR) is 100 cm³/mol. The summed E-state index contributed by atoms with van der Waals surface area (Å²) in [4.78, 5) is 20.1. The van der Waals surface area contributed by atoms with Crippen molar-refractivity contribution < 1.29 is 19.0 Å². The molecule has 2 N–H and O–H groups in total. The van der Waals surface area contributed by atoms with Gasteiger partial charge in [0.05, 0.1) is 25.7 Å². The van der Waals surface area contributed by atoms with Gasteiger partial charge in [0.2, 0.25) is 5.91 Å². The molecular weight excluding hydrogens is 346 g/mol. The van der Waals surface area contributed by atoms with Crippen LogP contribution in [0.5, 0.6) is 17.2 Å². The minimum atomic E-state index is -0.190. The van der Waals surface area contributed by atoms with Gasteiger partial charge in [0.1, 0.15) is 23.7 Å². The van der Waals surface area contributed by atoms with E-state index in [1.165, 1.54) is 0 Å². The number of hydrogen-bond acceptors (Lipinski definition) is 5. The Balaban J connectivity index is 1.67. The van der Waals surface area contributed by atoms with Crippen molar-refractivity contribution in [3.8, 4) is 17.2 Å². The van der Waals surface area contributed by atoms with Crippen molar-refractivity contribution in [2.75, 3.05) is 20.8 Å². The van der Waals surface area contributed by atoms with E-state index in [0.717, 1.165) is 23.0 Å². The SMILES string of the molecule is COc1ccccc1OCc1nc2c(C3CCNC3=O)ccc(OC)c2[nH]1. The topological polar surface area (TPSA) is 85.5 Å². The number of carbonyl (C=O) groups is 1. The van der Waals surface area contributed by atoms with Crippen LogP contribution in [0.2, 0.25) is 0 Å². The third-order valence-corrected chi connectivity index (χ3v) is 4.76. The second-order valence-electron chi connectivity index (χ2n) is 6.34. The molecule has 0 aliphatic carbocycles. The zero-order chi connectivity index (χ0) is 18.8. The van der Waals surface area contributed by atoms with Crippen molar-refractivity contribution in [2.24, 2.45) is 0 Å². The van der Waals surface area contributed by atoms with Gasteiger partial charge in [-0.15, -0.1) is 0 Å². The Morgan fingerprint density at radius 2 is 1.85 bits per heavy atom. The van der Waals surface area contributed by atoms with Crippen molar-refractivity contribution in [3.05, 3.63) is 47.8 Å². The molecule has 2 aromatic carbocycles. The number of nitrogens with zero attached hydrogens (tertiary/aromatic N) is 1. The second-order valence-corrected chi connectivity index (χ2v) is 6.34. The van der Waals surface area contributed by atoms with E-state index in [1.54, 1.807) is 14.2 Å². The number of methoxy groups -OCH3 is 2. The molecule has 1 fully saturated rings. The van der Waals surface area contributed by atoms with E-state index in [-0.39, 0.29) is 18.4 Å². The first-order valence-corrected chi connectivity index (χ1v) is 8.80. The normalized spacial score (nSPS) is 16.4. The number of fused-ring (bicyclic) bond motifs is 1. The fourth-order valence-corrected chi connectivity index (χ4v) is 3.43. The molecule has 1 amide bonds. The Hall–Kier alpha value is -3.22. The Labute approximate surface area is 156 Å². The van der Waals surface area contributed by atoms with Gasteiger partial charge in [-0.2, -0.15) is 0 Å². The van der Waals surface area contributed by atoms with Crippen LogP contribution in [-0.4, -0.2) is 36.6 Å². The maximum atomic E-state index is 12.1. The van der Waals surface area contributed by atoms with Crippen LogP contribution in [0.25, 0.3) is 11.0 Å². The average Bonchev–Trinajstić information content (AvgIpc) is 3.32. The number of imidazole rings is 1. The summed E-state index contributed by atoms with van der Waals surface area (Å²) >= 11 is 0. The first-order valence-electron chi connectivity index (χ1n) is 8.80. The van der Waals surface area contributed by atoms with Gasteiger partial charge in [0, 0.05) is 6.54 Å². The lowest BCUT2D eigenvalue weighted by molar-refractivity contribution is -0.120. The zero-order valence-corrected chi connectivity index (χ0v) is 15.2. The Morgan fingerprint density at radius 1 is 1.07 bits per heavy atom. The summed E-state index contributed by atoms with van der Waals surface area (Å²) in [5, 5.41) is 2.88. The van der Waals surface area contributed by atoms with Gasteiger partial charge < -0.3 is 24.5 Å². The van der Waals surface area contributed by atoms with Crippen LogP contribution in [0, 0.1) is 0 Å². The van der Waals surface area contributed by atoms with Crippen molar-refractivity contribution >= 4 is 16.9 Å². The summed E-state index contributed by atoms with van der Waals surface area (Å²) in [5.74, 6) is 2.49. The monoisotopic (exact) mass is 367 g/mol. The third kappa shape index (κ3) is 3.16. The summed E-state index contributed by atoms with van der Waals surface area (Å²) in [6, 6.07) is 11.2. The molecule has 1 atom stereocenters. The molecule has 4 rings (SSSR count). The number of benzene rings is 2. The van der Waals surface area contributed by atoms with Crippen LogP contribution < -0.4 is 19.5 Å². The first kappa shape index (κ1) is 17.2. The highest BCUT2D eigenvalue weighted by Gasteiger charge is 2.29. The van der Waals surface area contributed by atoms with Gasteiger partial charge in [-0.3, -0.25) is 4.79 Å². The van der Waals surface area contributed by atoms with Crippen molar-refractivity contribution in [1.29, 1.82) is 0 Å². The molecule has 27 heavy (non-hydrogen) atoms. The number of amides is 1. The number of H-pyrrole nitrogens is 1. The molecule has 7 nitrogen and oxygen atoms in total. The number of para-hydroxylation sites is 2. The number of nitrogens with one attached hydrogen (secondary N) is 2. The number of aromatic amines is 1. The summed E-state index contributed by atoms with van der Waals surface area (Å²) in [5.41, 5.74) is 2.42. The van der Waals surface area contributed by atoms with Gasteiger partial charge in [-0.1, -0.05) is 18.2 Å². The van der Waals surface area contributed by atoms with E-state index in [9.17, 15) is 4.79 Å². The molecule has 1 saturated heterocycles. The van der Waals surface area contributed by atoms with E-state index < -0.39 is 0 Å². The van der Waals surface area contributed by atoms with Crippen LogP contribution in [0.4, 0.5) is 0 Å². The lowest BCUT2D eigenvalue weighted by Crippen LogP contribution is -2.18. The van der Waals surface area contributed by atoms with Gasteiger partial charge in [-0.05, 0) is 30.2 Å². The van der Waals surface area contributed by atoms with E-state index >= 15 is 0 Å². The fraction of sp³-hybridized carbons (Fsp3) is 0.300. The van der Waals surface area contributed by atoms with Crippen LogP contribution in [0.3, 0.4) is 0 Å². The fourth-order valence-electron chi connectivity index (χ4n) is 3.43. The molecule has 1 aliphatic rings. The van der Waals surface area contributed by atoms with Crippen LogP contribution in [-0.2, 0) is 11.4 Å². The Morgan fingerprint density at radius 3 is 2.56 bits per heavy atom. The molecule has 140 valence electrons. The molecule has 0 spiro atoms.